The maximum absolute atomic E-state index is 13.0. The molecule has 32 heavy (non-hydrogen) atoms. The topological polar surface area (TPSA) is 108 Å². The highest BCUT2D eigenvalue weighted by Crippen LogP contribution is 2.33. The predicted octanol–water partition coefficient (Wildman–Crippen LogP) is 3.22. The van der Waals surface area contributed by atoms with Crippen LogP contribution in [0.1, 0.15) is 35.9 Å². The van der Waals surface area contributed by atoms with E-state index in [0.717, 1.165) is 44.6 Å². The number of carbonyl (C=O) groups is 2. The molecule has 0 aromatic carbocycles. The SMILES string of the molecule is CC1CN(C(=O)c2ccc(Cl)cn2)CC2(CCN(CCc3csc(NC(=O)O)n3)CC2)O1. The molecule has 9 nitrogen and oxygen atoms in total. The Labute approximate surface area is 195 Å². The number of halogens is 1. The first-order valence-electron chi connectivity index (χ1n) is 10.6. The fourth-order valence-corrected chi connectivity index (χ4v) is 5.19. The summed E-state index contributed by atoms with van der Waals surface area (Å²) in [6.07, 6.45) is 2.80. The molecule has 4 rings (SSSR count). The third kappa shape index (κ3) is 5.55. The van der Waals surface area contributed by atoms with Gasteiger partial charge in [-0.15, -0.1) is 11.3 Å². The lowest BCUT2D eigenvalue weighted by Gasteiger charge is -2.49. The van der Waals surface area contributed by atoms with E-state index >= 15 is 0 Å². The van der Waals surface area contributed by atoms with Crippen molar-refractivity contribution in [3.05, 3.63) is 40.1 Å². The quantitative estimate of drug-likeness (QED) is 0.677. The molecule has 0 aliphatic carbocycles. The number of likely N-dealkylation sites (tertiary alicyclic amines) is 1. The lowest BCUT2D eigenvalue weighted by molar-refractivity contribution is -0.161. The van der Waals surface area contributed by atoms with E-state index in [4.69, 9.17) is 21.4 Å². The summed E-state index contributed by atoms with van der Waals surface area (Å²) in [7, 11) is 0. The number of nitrogens with zero attached hydrogens (tertiary/aromatic N) is 4. The van der Waals surface area contributed by atoms with Crippen LogP contribution in [-0.2, 0) is 11.2 Å². The number of rotatable bonds is 5. The number of aromatic nitrogens is 2. The summed E-state index contributed by atoms with van der Waals surface area (Å²) >= 11 is 7.19. The van der Waals surface area contributed by atoms with Crippen molar-refractivity contribution < 1.29 is 19.4 Å². The normalized spacial score (nSPS) is 20.9. The van der Waals surface area contributed by atoms with Gasteiger partial charge in [0.2, 0.25) is 0 Å². The Bertz CT molecular complexity index is 961. The molecule has 11 heteroatoms. The van der Waals surface area contributed by atoms with Crippen LogP contribution < -0.4 is 5.32 Å². The van der Waals surface area contributed by atoms with E-state index in [-0.39, 0.29) is 17.6 Å². The molecule has 1 atom stereocenters. The van der Waals surface area contributed by atoms with Gasteiger partial charge in [0.05, 0.1) is 29.0 Å². The van der Waals surface area contributed by atoms with Crippen molar-refractivity contribution in [2.75, 3.05) is 38.0 Å². The third-order valence-corrected chi connectivity index (χ3v) is 6.89. The molecular weight excluding hydrogens is 454 g/mol. The molecule has 2 aromatic heterocycles. The van der Waals surface area contributed by atoms with Crippen molar-refractivity contribution in [3.63, 3.8) is 0 Å². The van der Waals surface area contributed by atoms with Crippen molar-refractivity contribution in [2.24, 2.45) is 0 Å². The van der Waals surface area contributed by atoms with Gasteiger partial charge >= 0.3 is 6.09 Å². The molecule has 0 radical (unpaired) electrons. The van der Waals surface area contributed by atoms with E-state index < -0.39 is 6.09 Å². The van der Waals surface area contributed by atoms with E-state index in [1.807, 2.05) is 17.2 Å². The first kappa shape index (κ1) is 22.9. The molecule has 2 aromatic rings. The minimum Gasteiger partial charge on any atom is -0.465 e. The summed E-state index contributed by atoms with van der Waals surface area (Å²) in [4.78, 5) is 36.4. The molecule has 2 saturated heterocycles. The van der Waals surface area contributed by atoms with Crippen LogP contribution in [-0.4, -0.2) is 81.3 Å². The minimum absolute atomic E-state index is 0.0401. The monoisotopic (exact) mass is 479 g/mol. The molecule has 2 aliphatic rings. The van der Waals surface area contributed by atoms with Crippen molar-refractivity contribution >= 4 is 40.1 Å². The van der Waals surface area contributed by atoms with Crippen LogP contribution in [0.3, 0.4) is 0 Å². The fraction of sp³-hybridized carbons (Fsp3) is 0.524. The smallest absolute Gasteiger partial charge is 0.410 e. The van der Waals surface area contributed by atoms with Crippen LogP contribution in [0.5, 0.6) is 0 Å². The molecule has 1 unspecified atom stereocenters. The first-order valence-corrected chi connectivity index (χ1v) is 11.8. The number of amides is 2. The Morgan fingerprint density at radius 2 is 2.16 bits per heavy atom. The Kier molecular flexibility index (Phi) is 6.94. The van der Waals surface area contributed by atoms with Gasteiger partial charge < -0.3 is 19.6 Å². The number of hydrogen-bond donors (Lipinski definition) is 2. The second-order valence-corrected chi connectivity index (χ2v) is 9.62. The number of piperidine rings is 1. The van der Waals surface area contributed by atoms with Crippen LogP contribution in [0.4, 0.5) is 9.93 Å². The third-order valence-electron chi connectivity index (χ3n) is 5.86. The van der Waals surface area contributed by atoms with Crippen LogP contribution in [0, 0.1) is 0 Å². The number of morpholine rings is 1. The number of hydrogen-bond acceptors (Lipinski definition) is 7. The van der Waals surface area contributed by atoms with Gasteiger partial charge in [-0.2, -0.15) is 0 Å². The maximum Gasteiger partial charge on any atom is 0.410 e. The molecule has 172 valence electrons. The minimum atomic E-state index is -1.10. The Hall–Kier alpha value is -2.27. The molecule has 2 N–H and O–H groups in total. The summed E-state index contributed by atoms with van der Waals surface area (Å²) in [5.74, 6) is -0.0899. The van der Waals surface area contributed by atoms with E-state index in [2.05, 4.69) is 20.2 Å². The summed E-state index contributed by atoms with van der Waals surface area (Å²) in [6.45, 7) is 5.71. The van der Waals surface area contributed by atoms with Gasteiger partial charge in [0.15, 0.2) is 5.13 Å². The van der Waals surface area contributed by atoms with Crippen molar-refractivity contribution in [1.82, 2.24) is 19.8 Å². The van der Waals surface area contributed by atoms with E-state index in [9.17, 15) is 9.59 Å². The number of carboxylic acid groups (broad SMARTS) is 1. The molecule has 2 amide bonds. The van der Waals surface area contributed by atoms with Crippen molar-refractivity contribution in [1.29, 1.82) is 0 Å². The highest BCUT2D eigenvalue weighted by Gasteiger charge is 2.43. The van der Waals surface area contributed by atoms with Crippen LogP contribution in [0.2, 0.25) is 5.02 Å². The Balaban J connectivity index is 1.31. The Morgan fingerprint density at radius 3 is 2.84 bits per heavy atom. The maximum atomic E-state index is 13.0. The summed E-state index contributed by atoms with van der Waals surface area (Å²) in [6, 6.07) is 3.35. The fourth-order valence-electron chi connectivity index (χ4n) is 4.35. The van der Waals surface area contributed by atoms with Crippen LogP contribution in [0.15, 0.2) is 23.7 Å². The highest BCUT2D eigenvalue weighted by atomic mass is 35.5. The average molecular weight is 480 g/mol. The van der Waals surface area contributed by atoms with Crippen LogP contribution in [0.25, 0.3) is 0 Å². The van der Waals surface area contributed by atoms with Gasteiger partial charge in [0.1, 0.15) is 5.69 Å². The predicted molar refractivity (Wildman–Crippen MR) is 122 cm³/mol. The molecule has 2 aliphatic heterocycles. The summed E-state index contributed by atoms with van der Waals surface area (Å²) in [5, 5.41) is 13.9. The zero-order chi connectivity index (χ0) is 22.7. The van der Waals surface area contributed by atoms with Gasteiger partial charge in [-0.1, -0.05) is 11.6 Å². The molecule has 0 bridgehead atoms. The second-order valence-electron chi connectivity index (χ2n) is 8.32. The lowest BCUT2D eigenvalue weighted by Crippen LogP contribution is -2.60. The number of pyridine rings is 1. The molecule has 4 heterocycles. The molecule has 2 fully saturated rings. The van der Waals surface area contributed by atoms with Gasteiger partial charge in [0.25, 0.3) is 5.91 Å². The number of thiazole rings is 1. The van der Waals surface area contributed by atoms with Gasteiger partial charge in [-0.25, -0.2) is 14.8 Å². The van der Waals surface area contributed by atoms with Crippen molar-refractivity contribution in [2.45, 2.75) is 37.9 Å². The van der Waals surface area contributed by atoms with E-state index in [0.29, 0.717) is 28.9 Å². The summed E-state index contributed by atoms with van der Waals surface area (Å²) < 4.78 is 6.36. The molecule has 1 spiro atoms. The molecular formula is C21H26ClN5O4S. The molecule has 0 saturated carbocycles. The van der Waals surface area contributed by atoms with Gasteiger partial charge in [0, 0.05) is 44.2 Å². The largest absolute Gasteiger partial charge is 0.465 e. The Morgan fingerprint density at radius 1 is 1.38 bits per heavy atom. The first-order chi connectivity index (χ1) is 15.3. The zero-order valence-electron chi connectivity index (χ0n) is 17.8. The number of nitrogens with one attached hydrogen (secondary N) is 1. The van der Waals surface area contributed by atoms with E-state index in [1.165, 1.54) is 17.5 Å². The summed E-state index contributed by atoms with van der Waals surface area (Å²) in [5.41, 5.74) is 0.944. The number of ether oxygens (including phenoxy) is 1. The highest BCUT2D eigenvalue weighted by molar-refractivity contribution is 7.13. The van der Waals surface area contributed by atoms with Crippen LogP contribution >= 0.6 is 22.9 Å². The number of carbonyl (C=O) groups excluding carboxylic acids is 1. The van der Waals surface area contributed by atoms with Gasteiger partial charge in [-0.3, -0.25) is 10.1 Å². The standard InChI is InChI=1S/C21H26ClN5O4S/c1-14-11-27(18(28)17-3-2-15(22)10-23-17)13-21(31-14)5-8-26(9-6-21)7-4-16-12-32-19(24-16)25-20(29)30/h2-3,10,12,14H,4-9,11,13H2,1H3,(H,24,25)(H,29,30). The van der Waals surface area contributed by atoms with Crippen molar-refractivity contribution in [3.8, 4) is 0 Å². The van der Waals surface area contributed by atoms with E-state index in [1.54, 1.807) is 12.1 Å². The average Bonchev–Trinajstić information content (AvgIpc) is 3.19. The van der Waals surface area contributed by atoms with Gasteiger partial charge in [-0.05, 0) is 31.9 Å². The lowest BCUT2D eigenvalue weighted by atomic mass is 9.88. The number of anilines is 1. The second kappa shape index (κ2) is 9.70. The zero-order valence-corrected chi connectivity index (χ0v) is 19.4.